The van der Waals surface area contributed by atoms with Crippen LogP contribution >= 0.6 is 11.3 Å². The summed E-state index contributed by atoms with van der Waals surface area (Å²) in [4.78, 5) is 35.8. The predicted octanol–water partition coefficient (Wildman–Crippen LogP) is 2.10. The molecule has 0 saturated heterocycles. The van der Waals surface area contributed by atoms with Crippen LogP contribution in [0.4, 0.5) is 0 Å². The molecule has 0 atom stereocenters. The van der Waals surface area contributed by atoms with E-state index in [0.717, 1.165) is 16.9 Å². The second-order valence-corrected chi connectivity index (χ2v) is 7.64. The summed E-state index contributed by atoms with van der Waals surface area (Å²) in [7, 11) is 0. The number of carbonyl (C=O) groups is 3. The van der Waals surface area contributed by atoms with Gasteiger partial charge in [-0.15, -0.1) is 11.3 Å². The van der Waals surface area contributed by atoms with E-state index in [4.69, 9.17) is 4.74 Å². The molecule has 2 aromatic rings. The van der Waals surface area contributed by atoms with E-state index in [-0.39, 0.29) is 24.9 Å². The van der Waals surface area contributed by atoms with Crippen LogP contribution in [0.5, 0.6) is 5.75 Å². The Morgan fingerprint density at radius 2 is 1.72 bits per heavy atom. The molecule has 0 aliphatic heterocycles. The lowest BCUT2D eigenvalue weighted by molar-refractivity contribution is -0.125. The topological polar surface area (TPSA) is 96.5 Å². The summed E-state index contributed by atoms with van der Waals surface area (Å²) < 4.78 is 5.80. The zero-order valence-electron chi connectivity index (χ0n) is 17.0. The number of nitrogens with one attached hydrogen (secondary N) is 3. The summed E-state index contributed by atoms with van der Waals surface area (Å²) in [5.74, 6) is -0.145. The first-order valence-corrected chi connectivity index (χ1v) is 10.3. The van der Waals surface area contributed by atoms with Crippen molar-refractivity contribution in [2.45, 2.75) is 27.2 Å². The van der Waals surface area contributed by atoms with Gasteiger partial charge in [-0.2, -0.15) is 0 Å². The SMILES string of the molecule is Cc1cc(C)c(C)c(OCCCNC(=O)CNC(=O)CNC(=O)c2cccs2)c1. The molecule has 0 aliphatic carbocycles. The molecule has 29 heavy (non-hydrogen) atoms. The first kappa shape index (κ1) is 22.4. The van der Waals surface area contributed by atoms with Crippen molar-refractivity contribution in [2.24, 2.45) is 0 Å². The number of ether oxygens (including phenoxy) is 1. The molecule has 7 nitrogen and oxygen atoms in total. The highest BCUT2D eigenvalue weighted by Gasteiger charge is 2.10. The summed E-state index contributed by atoms with van der Waals surface area (Å²) in [5, 5.41) is 9.50. The first-order valence-electron chi connectivity index (χ1n) is 9.42. The van der Waals surface area contributed by atoms with Crippen LogP contribution in [0.15, 0.2) is 29.6 Å². The molecule has 0 saturated carbocycles. The molecule has 0 radical (unpaired) electrons. The van der Waals surface area contributed by atoms with E-state index in [1.807, 2.05) is 19.9 Å². The van der Waals surface area contributed by atoms with Crippen LogP contribution in [0.2, 0.25) is 0 Å². The van der Waals surface area contributed by atoms with Gasteiger partial charge in [0.15, 0.2) is 0 Å². The van der Waals surface area contributed by atoms with Gasteiger partial charge in [0.05, 0.1) is 24.6 Å². The summed E-state index contributed by atoms with van der Waals surface area (Å²) in [6.45, 7) is 6.74. The van der Waals surface area contributed by atoms with Crippen molar-refractivity contribution in [2.75, 3.05) is 26.2 Å². The van der Waals surface area contributed by atoms with Crippen LogP contribution in [-0.4, -0.2) is 44.0 Å². The summed E-state index contributed by atoms with van der Waals surface area (Å²) in [6.07, 6.45) is 0.656. The fourth-order valence-electron chi connectivity index (χ4n) is 2.59. The lowest BCUT2D eigenvalue weighted by Crippen LogP contribution is -2.42. The fraction of sp³-hybridized carbons (Fsp3) is 0.381. The van der Waals surface area contributed by atoms with Crippen molar-refractivity contribution in [1.82, 2.24) is 16.0 Å². The van der Waals surface area contributed by atoms with Gasteiger partial charge < -0.3 is 20.7 Å². The van der Waals surface area contributed by atoms with Crippen LogP contribution in [-0.2, 0) is 9.59 Å². The smallest absolute Gasteiger partial charge is 0.261 e. The second kappa shape index (κ2) is 11.2. The molecular formula is C21H27N3O4S. The Morgan fingerprint density at radius 1 is 1.00 bits per heavy atom. The molecule has 1 heterocycles. The fourth-order valence-corrected chi connectivity index (χ4v) is 3.23. The van der Waals surface area contributed by atoms with Crippen molar-refractivity contribution in [1.29, 1.82) is 0 Å². The van der Waals surface area contributed by atoms with Gasteiger partial charge in [0, 0.05) is 6.54 Å². The molecule has 156 valence electrons. The minimum Gasteiger partial charge on any atom is -0.493 e. The van der Waals surface area contributed by atoms with Gasteiger partial charge in [0.25, 0.3) is 5.91 Å². The van der Waals surface area contributed by atoms with Gasteiger partial charge in [-0.05, 0) is 61.4 Å². The number of benzene rings is 1. The number of aryl methyl sites for hydroxylation is 2. The molecule has 0 bridgehead atoms. The molecule has 0 unspecified atom stereocenters. The Bertz CT molecular complexity index is 850. The van der Waals surface area contributed by atoms with Gasteiger partial charge >= 0.3 is 0 Å². The molecular weight excluding hydrogens is 390 g/mol. The standard InChI is InChI=1S/C21H27N3O4S/c1-14-10-15(2)16(3)17(11-14)28-8-5-7-22-19(25)12-23-20(26)13-24-21(27)18-6-4-9-29-18/h4,6,9-11H,5,7-8,12-13H2,1-3H3,(H,22,25)(H,23,26)(H,24,27). The highest BCUT2D eigenvalue weighted by molar-refractivity contribution is 7.12. The molecule has 3 amide bonds. The summed E-state index contributed by atoms with van der Waals surface area (Å²) in [5.41, 5.74) is 3.46. The lowest BCUT2D eigenvalue weighted by Gasteiger charge is -2.12. The van der Waals surface area contributed by atoms with E-state index >= 15 is 0 Å². The molecule has 8 heteroatoms. The molecule has 1 aromatic heterocycles. The number of rotatable bonds is 10. The predicted molar refractivity (Wildman–Crippen MR) is 113 cm³/mol. The van der Waals surface area contributed by atoms with Crippen LogP contribution < -0.4 is 20.7 Å². The molecule has 0 fully saturated rings. The highest BCUT2D eigenvalue weighted by atomic mass is 32.1. The van der Waals surface area contributed by atoms with Crippen molar-refractivity contribution < 1.29 is 19.1 Å². The van der Waals surface area contributed by atoms with E-state index in [9.17, 15) is 14.4 Å². The molecule has 0 aliphatic rings. The van der Waals surface area contributed by atoms with Gasteiger partial charge in [-0.3, -0.25) is 14.4 Å². The zero-order chi connectivity index (χ0) is 21.2. The molecule has 0 spiro atoms. The Morgan fingerprint density at radius 3 is 2.45 bits per heavy atom. The van der Waals surface area contributed by atoms with Crippen molar-refractivity contribution in [3.05, 3.63) is 51.2 Å². The Labute approximate surface area is 174 Å². The lowest BCUT2D eigenvalue weighted by atomic mass is 10.1. The largest absolute Gasteiger partial charge is 0.493 e. The summed E-state index contributed by atoms with van der Waals surface area (Å²) in [6, 6.07) is 7.56. The highest BCUT2D eigenvalue weighted by Crippen LogP contribution is 2.23. The van der Waals surface area contributed by atoms with E-state index in [1.165, 1.54) is 16.9 Å². The molecule has 3 N–H and O–H groups in total. The maximum atomic E-state index is 11.8. The van der Waals surface area contributed by atoms with E-state index < -0.39 is 5.91 Å². The second-order valence-electron chi connectivity index (χ2n) is 6.69. The van der Waals surface area contributed by atoms with Crippen LogP contribution in [0, 0.1) is 20.8 Å². The third kappa shape index (κ3) is 7.57. The minimum absolute atomic E-state index is 0.134. The zero-order valence-corrected chi connectivity index (χ0v) is 17.8. The molecule has 2 rings (SSSR count). The average Bonchev–Trinajstić information content (AvgIpc) is 3.22. The molecule has 1 aromatic carbocycles. The van der Waals surface area contributed by atoms with Gasteiger partial charge in [-0.25, -0.2) is 0 Å². The number of thiophene rings is 1. The van der Waals surface area contributed by atoms with Crippen molar-refractivity contribution in [3.63, 3.8) is 0 Å². The number of hydrogen-bond donors (Lipinski definition) is 3. The van der Waals surface area contributed by atoms with Crippen LogP contribution in [0.25, 0.3) is 0 Å². The van der Waals surface area contributed by atoms with Gasteiger partial charge in [-0.1, -0.05) is 12.1 Å². The number of hydrogen-bond acceptors (Lipinski definition) is 5. The van der Waals surface area contributed by atoms with Crippen LogP contribution in [0.1, 0.15) is 32.8 Å². The normalized spacial score (nSPS) is 10.3. The first-order chi connectivity index (χ1) is 13.9. The Hall–Kier alpha value is -2.87. The van der Waals surface area contributed by atoms with Crippen LogP contribution in [0.3, 0.4) is 0 Å². The van der Waals surface area contributed by atoms with Gasteiger partial charge in [0.2, 0.25) is 11.8 Å². The third-order valence-electron chi connectivity index (χ3n) is 4.27. The Balaban J connectivity index is 1.56. The summed E-state index contributed by atoms with van der Waals surface area (Å²) >= 11 is 1.30. The van der Waals surface area contributed by atoms with E-state index in [1.54, 1.807) is 17.5 Å². The van der Waals surface area contributed by atoms with Crippen molar-refractivity contribution >= 4 is 29.1 Å². The maximum Gasteiger partial charge on any atom is 0.261 e. The average molecular weight is 418 g/mol. The number of amides is 3. The number of carbonyl (C=O) groups excluding carboxylic acids is 3. The Kier molecular flexibility index (Phi) is 8.67. The third-order valence-corrected chi connectivity index (χ3v) is 5.13. The van der Waals surface area contributed by atoms with Gasteiger partial charge in [0.1, 0.15) is 5.75 Å². The maximum absolute atomic E-state index is 11.8. The van der Waals surface area contributed by atoms with E-state index in [0.29, 0.717) is 24.4 Å². The van der Waals surface area contributed by atoms with E-state index in [2.05, 4.69) is 28.9 Å². The quantitative estimate of drug-likeness (QED) is 0.516. The monoisotopic (exact) mass is 417 g/mol. The minimum atomic E-state index is -0.418. The van der Waals surface area contributed by atoms with Crippen molar-refractivity contribution in [3.8, 4) is 5.75 Å².